The highest BCUT2D eigenvalue weighted by molar-refractivity contribution is 5.78. The van der Waals surface area contributed by atoms with E-state index in [1.54, 1.807) is 6.26 Å². The van der Waals surface area contributed by atoms with Crippen molar-refractivity contribution in [2.45, 2.75) is 25.9 Å². The van der Waals surface area contributed by atoms with Gasteiger partial charge in [-0.25, -0.2) is 4.98 Å². The average Bonchev–Trinajstić information content (AvgIpc) is 3.11. The molecule has 0 saturated heterocycles. The summed E-state index contributed by atoms with van der Waals surface area (Å²) in [6.45, 7) is 2.36. The summed E-state index contributed by atoms with van der Waals surface area (Å²) in [5, 5.41) is 2.74. The van der Waals surface area contributed by atoms with Crippen LogP contribution in [-0.4, -0.2) is 17.4 Å². The third kappa shape index (κ3) is 5.22. The molecular formula is C21H19F3N2O2. The third-order valence-electron chi connectivity index (χ3n) is 4.20. The Balaban J connectivity index is 1.47. The molecule has 0 aliphatic heterocycles. The number of carbonyl (C=O) groups is 1. The zero-order valence-electron chi connectivity index (χ0n) is 15.2. The van der Waals surface area contributed by atoms with E-state index in [1.165, 1.54) is 12.1 Å². The molecule has 0 saturated carbocycles. The van der Waals surface area contributed by atoms with Gasteiger partial charge in [-0.3, -0.25) is 4.79 Å². The molecule has 3 aromatic rings. The van der Waals surface area contributed by atoms with Gasteiger partial charge in [-0.2, -0.15) is 13.2 Å². The van der Waals surface area contributed by atoms with Gasteiger partial charge in [-0.1, -0.05) is 29.8 Å². The maximum Gasteiger partial charge on any atom is 0.416 e. The zero-order valence-corrected chi connectivity index (χ0v) is 15.2. The van der Waals surface area contributed by atoms with Crippen molar-refractivity contribution in [1.29, 1.82) is 0 Å². The lowest BCUT2D eigenvalue weighted by molar-refractivity contribution is -0.137. The standard InChI is InChI=1S/C21H19F3N2O2/c1-14-2-6-16(7-3-14)20-26-18(13-28-20)10-11-25-19(27)12-15-4-8-17(9-5-15)21(22,23)24/h2-9,13H,10-12H2,1H3,(H,25,27). The Labute approximate surface area is 160 Å². The molecule has 28 heavy (non-hydrogen) atoms. The molecule has 7 heteroatoms. The number of nitrogens with one attached hydrogen (secondary N) is 1. The molecule has 1 heterocycles. The first-order chi connectivity index (χ1) is 13.3. The van der Waals surface area contributed by atoms with E-state index in [2.05, 4.69) is 10.3 Å². The Bertz CT molecular complexity index is 930. The number of rotatable bonds is 6. The van der Waals surface area contributed by atoms with Gasteiger partial charge < -0.3 is 9.73 Å². The van der Waals surface area contributed by atoms with E-state index in [9.17, 15) is 18.0 Å². The molecular weight excluding hydrogens is 369 g/mol. The summed E-state index contributed by atoms with van der Waals surface area (Å²) >= 11 is 0. The van der Waals surface area contributed by atoms with E-state index >= 15 is 0 Å². The summed E-state index contributed by atoms with van der Waals surface area (Å²) in [6.07, 6.45) is -2.31. The van der Waals surface area contributed by atoms with Gasteiger partial charge in [-0.05, 0) is 36.8 Å². The summed E-state index contributed by atoms with van der Waals surface area (Å²) in [5.74, 6) is 0.257. The fourth-order valence-electron chi connectivity index (χ4n) is 2.64. The molecule has 0 aliphatic rings. The quantitative estimate of drug-likeness (QED) is 0.673. The van der Waals surface area contributed by atoms with Gasteiger partial charge in [-0.15, -0.1) is 0 Å². The minimum absolute atomic E-state index is 0.0194. The molecule has 0 spiro atoms. The second kappa shape index (κ2) is 8.29. The summed E-state index contributed by atoms with van der Waals surface area (Å²) < 4.78 is 43.1. The van der Waals surface area contributed by atoms with Gasteiger partial charge in [0.15, 0.2) is 0 Å². The fourth-order valence-corrected chi connectivity index (χ4v) is 2.64. The molecule has 0 fully saturated rings. The monoisotopic (exact) mass is 388 g/mol. The number of hydrogen-bond acceptors (Lipinski definition) is 3. The lowest BCUT2D eigenvalue weighted by Gasteiger charge is -2.08. The molecule has 3 rings (SSSR count). The van der Waals surface area contributed by atoms with Crippen LogP contribution in [-0.2, 0) is 23.8 Å². The van der Waals surface area contributed by atoms with E-state index < -0.39 is 11.7 Å². The van der Waals surface area contributed by atoms with Crippen LogP contribution in [0.5, 0.6) is 0 Å². The van der Waals surface area contributed by atoms with Crippen molar-refractivity contribution in [1.82, 2.24) is 10.3 Å². The molecule has 1 aromatic heterocycles. The highest BCUT2D eigenvalue weighted by Gasteiger charge is 2.29. The van der Waals surface area contributed by atoms with E-state index in [4.69, 9.17) is 4.42 Å². The van der Waals surface area contributed by atoms with Crippen LogP contribution in [0.15, 0.2) is 59.2 Å². The maximum absolute atomic E-state index is 12.5. The largest absolute Gasteiger partial charge is 0.444 e. The summed E-state index contributed by atoms with van der Waals surface area (Å²) in [7, 11) is 0. The van der Waals surface area contributed by atoms with Crippen molar-refractivity contribution in [3.63, 3.8) is 0 Å². The lowest BCUT2D eigenvalue weighted by atomic mass is 10.1. The molecule has 1 amide bonds. The molecule has 4 nitrogen and oxygen atoms in total. The topological polar surface area (TPSA) is 55.1 Å². The van der Waals surface area contributed by atoms with Crippen LogP contribution in [0.2, 0.25) is 0 Å². The number of oxazole rings is 1. The maximum atomic E-state index is 12.5. The second-order valence-electron chi connectivity index (χ2n) is 6.48. The number of hydrogen-bond donors (Lipinski definition) is 1. The van der Waals surface area contributed by atoms with Gasteiger partial charge >= 0.3 is 6.18 Å². The molecule has 0 unspecified atom stereocenters. The normalized spacial score (nSPS) is 11.4. The highest BCUT2D eigenvalue weighted by Crippen LogP contribution is 2.29. The smallest absolute Gasteiger partial charge is 0.416 e. The summed E-state index contributed by atoms with van der Waals surface area (Å²) in [5.41, 5.74) is 2.53. The number of halogens is 3. The first-order valence-corrected chi connectivity index (χ1v) is 8.75. The van der Waals surface area contributed by atoms with Crippen molar-refractivity contribution in [2.24, 2.45) is 0 Å². The first-order valence-electron chi connectivity index (χ1n) is 8.75. The molecule has 2 aromatic carbocycles. The van der Waals surface area contributed by atoms with Gasteiger partial charge in [0.05, 0.1) is 17.7 Å². The van der Waals surface area contributed by atoms with Crippen LogP contribution in [0.1, 0.15) is 22.4 Å². The molecule has 0 radical (unpaired) electrons. The predicted octanol–water partition coefficient (Wildman–Crippen LogP) is 4.57. The fraction of sp³-hybridized carbons (Fsp3) is 0.238. The van der Waals surface area contributed by atoms with Crippen molar-refractivity contribution >= 4 is 5.91 Å². The number of benzene rings is 2. The number of carbonyl (C=O) groups excluding carboxylic acids is 1. The van der Waals surface area contributed by atoms with Crippen molar-refractivity contribution < 1.29 is 22.4 Å². The minimum atomic E-state index is -4.38. The Morgan fingerprint density at radius 2 is 1.75 bits per heavy atom. The zero-order chi connectivity index (χ0) is 20.1. The number of aryl methyl sites for hydroxylation is 1. The van der Waals surface area contributed by atoms with Crippen LogP contribution in [0.3, 0.4) is 0 Å². The highest BCUT2D eigenvalue weighted by atomic mass is 19.4. The number of amides is 1. The SMILES string of the molecule is Cc1ccc(-c2nc(CCNC(=O)Cc3ccc(C(F)(F)F)cc3)co2)cc1. The van der Waals surface area contributed by atoms with E-state index in [-0.39, 0.29) is 12.3 Å². The minimum Gasteiger partial charge on any atom is -0.444 e. The predicted molar refractivity (Wildman–Crippen MR) is 98.5 cm³/mol. The van der Waals surface area contributed by atoms with Crippen LogP contribution in [0, 0.1) is 6.92 Å². The number of nitrogens with zero attached hydrogens (tertiary/aromatic N) is 1. The molecule has 1 N–H and O–H groups in total. The Morgan fingerprint density at radius 1 is 1.07 bits per heavy atom. The summed E-state index contributed by atoms with van der Waals surface area (Å²) in [4.78, 5) is 16.4. The van der Waals surface area contributed by atoms with Crippen LogP contribution in [0.4, 0.5) is 13.2 Å². The van der Waals surface area contributed by atoms with Crippen molar-refractivity contribution in [3.8, 4) is 11.5 Å². The number of alkyl halides is 3. The van der Waals surface area contributed by atoms with E-state index in [0.717, 1.165) is 23.3 Å². The second-order valence-corrected chi connectivity index (χ2v) is 6.48. The molecule has 146 valence electrons. The van der Waals surface area contributed by atoms with Gasteiger partial charge in [0.1, 0.15) is 6.26 Å². The van der Waals surface area contributed by atoms with Gasteiger partial charge in [0, 0.05) is 18.5 Å². The van der Waals surface area contributed by atoms with Crippen molar-refractivity contribution in [3.05, 3.63) is 77.2 Å². The van der Waals surface area contributed by atoms with Gasteiger partial charge in [0.25, 0.3) is 0 Å². The third-order valence-corrected chi connectivity index (χ3v) is 4.20. The van der Waals surface area contributed by atoms with Crippen LogP contribution in [0.25, 0.3) is 11.5 Å². The Morgan fingerprint density at radius 3 is 2.39 bits per heavy atom. The molecule has 0 aliphatic carbocycles. The lowest BCUT2D eigenvalue weighted by Crippen LogP contribution is -2.27. The van der Waals surface area contributed by atoms with Gasteiger partial charge in [0.2, 0.25) is 11.8 Å². The summed E-state index contributed by atoms with van der Waals surface area (Å²) in [6, 6.07) is 12.4. The molecule has 0 atom stereocenters. The van der Waals surface area contributed by atoms with Crippen LogP contribution < -0.4 is 5.32 Å². The number of aromatic nitrogens is 1. The van der Waals surface area contributed by atoms with Crippen molar-refractivity contribution in [2.75, 3.05) is 6.54 Å². The van der Waals surface area contributed by atoms with Crippen LogP contribution >= 0.6 is 0 Å². The first kappa shape index (κ1) is 19.7. The van der Waals surface area contributed by atoms with E-state index in [1.807, 2.05) is 31.2 Å². The Kier molecular flexibility index (Phi) is 5.82. The average molecular weight is 388 g/mol. The molecule has 0 bridgehead atoms. The Hall–Kier alpha value is -3.09. The van der Waals surface area contributed by atoms with E-state index in [0.29, 0.717) is 30.1 Å².